The highest BCUT2D eigenvalue weighted by molar-refractivity contribution is 6.34. The number of rotatable bonds is 2. The Bertz CT molecular complexity index is 838. The molecule has 0 bridgehead atoms. The van der Waals surface area contributed by atoms with Crippen molar-refractivity contribution in [1.29, 1.82) is 0 Å². The second kappa shape index (κ2) is 5.69. The standard InChI is InChI=1S/C19H17ClFN/c1-11(2)18-17(13-5-7-14(21)8-6-13)15-9-4-12(3)10-16(15)19(20)22-18/h4-11H,1-3H3. The molecule has 0 aliphatic rings. The van der Waals surface area contributed by atoms with Crippen LogP contribution in [0.2, 0.25) is 5.15 Å². The van der Waals surface area contributed by atoms with E-state index in [0.717, 1.165) is 33.2 Å². The summed E-state index contributed by atoms with van der Waals surface area (Å²) in [6.07, 6.45) is 0. The molecule has 0 N–H and O–H groups in total. The first kappa shape index (κ1) is 15.0. The van der Waals surface area contributed by atoms with Crippen molar-refractivity contribution in [2.75, 3.05) is 0 Å². The van der Waals surface area contributed by atoms with Gasteiger partial charge < -0.3 is 0 Å². The lowest BCUT2D eigenvalue weighted by Crippen LogP contribution is -1.99. The Morgan fingerprint density at radius 3 is 2.32 bits per heavy atom. The van der Waals surface area contributed by atoms with Gasteiger partial charge in [-0.15, -0.1) is 0 Å². The third-order valence-corrected chi connectivity index (χ3v) is 4.11. The quantitative estimate of drug-likeness (QED) is 0.519. The van der Waals surface area contributed by atoms with Crippen LogP contribution in [0.5, 0.6) is 0 Å². The van der Waals surface area contributed by atoms with Crippen molar-refractivity contribution in [3.63, 3.8) is 0 Å². The molecule has 112 valence electrons. The molecule has 22 heavy (non-hydrogen) atoms. The van der Waals surface area contributed by atoms with Crippen LogP contribution in [0, 0.1) is 12.7 Å². The Labute approximate surface area is 134 Å². The van der Waals surface area contributed by atoms with Crippen LogP contribution in [0.4, 0.5) is 4.39 Å². The minimum atomic E-state index is -0.239. The molecule has 1 heterocycles. The molecule has 0 fully saturated rings. The second-order valence-corrected chi connectivity index (χ2v) is 6.23. The lowest BCUT2D eigenvalue weighted by atomic mass is 9.92. The van der Waals surface area contributed by atoms with E-state index in [0.29, 0.717) is 5.15 Å². The van der Waals surface area contributed by atoms with Crippen molar-refractivity contribution < 1.29 is 4.39 Å². The summed E-state index contributed by atoms with van der Waals surface area (Å²) in [5.74, 6) is -0.0137. The first-order valence-electron chi connectivity index (χ1n) is 7.33. The van der Waals surface area contributed by atoms with E-state index in [2.05, 4.69) is 31.0 Å². The first-order valence-corrected chi connectivity index (χ1v) is 7.71. The predicted octanol–water partition coefficient (Wildman–Crippen LogP) is 6.13. The molecular weight excluding hydrogens is 297 g/mol. The molecule has 0 unspecified atom stereocenters. The molecule has 0 saturated heterocycles. The van der Waals surface area contributed by atoms with E-state index in [1.807, 2.05) is 13.0 Å². The van der Waals surface area contributed by atoms with Gasteiger partial charge in [-0.1, -0.05) is 55.3 Å². The van der Waals surface area contributed by atoms with E-state index in [1.165, 1.54) is 12.1 Å². The number of benzene rings is 2. The molecule has 1 aromatic heterocycles. The van der Waals surface area contributed by atoms with E-state index < -0.39 is 0 Å². The molecule has 0 saturated carbocycles. The Balaban J connectivity index is 2.41. The molecule has 3 rings (SSSR count). The van der Waals surface area contributed by atoms with Crippen LogP contribution in [-0.2, 0) is 0 Å². The van der Waals surface area contributed by atoms with Crippen molar-refractivity contribution in [2.24, 2.45) is 0 Å². The van der Waals surface area contributed by atoms with Gasteiger partial charge in [0.2, 0.25) is 0 Å². The number of aromatic nitrogens is 1. The zero-order valence-corrected chi connectivity index (χ0v) is 13.6. The lowest BCUT2D eigenvalue weighted by Gasteiger charge is -2.16. The highest BCUT2D eigenvalue weighted by Gasteiger charge is 2.17. The summed E-state index contributed by atoms with van der Waals surface area (Å²) in [6, 6.07) is 12.7. The van der Waals surface area contributed by atoms with Crippen LogP contribution in [0.15, 0.2) is 42.5 Å². The maximum Gasteiger partial charge on any atom is 0.137 e. The maximum atomic E-state index is 13.3. The molecule has 3 aromatic rings. The largest absolute Gasteiger partial charge is 0.240 e. The van der Waals surface area contributed by atoms with Gasteiger partial charge in [-0.25, -0.2) is 9.37 Å². The molecule has 0 spiro atoms. The fourth-order valence-electron chi connectivity index (χ4n) is 2.74. The molecular formula is C19H17ClFN. The van der Waals surface area contributed by atoms with Gasteiger partial charge in [-0.3, -0.25) is 0 Å². The van der Waals surface area contributed by atoms with Gasteiger partial charge in [0.05, 0.1) is 5.69 Å². The van der Waals surface area contributed by atoms with Crippen LogP contribution in [0.25, 0.3) is 21.9 Å². The van der Waals surface area contributed by atoms with Gasteiger partial charge in [0.1, 0.15) is 11.0 Å². The third-order valence-electron chi connectivity index (χ3n) is 3.82. The number of fused-ring (bicyclic) bond motifs is 1. The van der Waals surface area contributed by atoms with Crippen molar-refractivity contribution >= 4 is 22.4 Å². The van der Waals surface area contributed by atoms with Crippen LogP contribution in [-0.4, -0.2) is 4.98 Å². The van der Waals surface area contributed by atoms with Crippen molar-refractivity contribution in [2.45, 2.75) is 26.7 Å². The van der Waals surface area contributed by atoms with Crippen LogP contribution >= 0.6 is 11.6 Å². The number of halogens is 2. The van der Waals surface area contributed by atoms with Crippen molar-refractivity contribution in [3.05, 3.63) is 64.7 Å². The summed E-state index contributed by atoms with van der Waals surface area (Å²) in [7, 11) is 0. The summed E-state index contributed by atoms with van der Waals surface area (Å²) in [5, 5.41) is 2.51. The fourth-order valence-corrected chi connectivity index (χ4v) is 2.99. The fraction of sp³-hybridized carbons (Fsp3) is 0.211. The van der Waals surface area contributed by atoms with Crippen LogP contribution in [0.1, 0.15) is 31.0 Å². The smallest absolute Gasteiger partial charge is 0.137 e. The summed E-state index contributed by atoms with van der Waals surface area (Å²) in [4.78, 5) is 4.61. The van der Waals surface area contributed by atoms with Gasteiger partial charge in [-0.05, 0) is 42.0 Å². The number of aryl methyl sites for hydroxylation is 1. The summed E-state index contributed by atoms with van der Waals surface area (Å²) in [5.41, 5.74) is 4.07. The van der Waals surface area contributed by atoms with E-state index in [4.69, 9.17) is 11.6 Å². The summed E-state index contributed by atoms with van der Waals surface area (Å²) < 4.78 is 13.3. The zero-order chi connectivity index (χ0) is 15.9. The highest BCUT2D eigenvalue weighted by atomic mass is 35.5. The average molecular weight is 314 g/mol. The molecule has 3 heteroatoms. The first-order chi connectivity index (χ1) is 10.5. The number of hydrogen-bond acceptors (Lipinski definition) is 1. The zero-order valence-electron chi connectivity index (χ0n) is 12.8. The SMILES string of the molecule is Cc1ccc2c(-c3ccc(F)cc3)c(C(C)C)nc(Cl)c2c1. The molecule has 2 aromatic carbocycles. The number of hydrogen-bond donors (Lipinski definition) is 0. The normalized spacial score (nSPS) is 11.4. The number of pyridine rings is 1. The number of nitrogens with zero attached hydrogens (tertiary/aromatic N) is 1. The van der Waals surface area contributed by atoms with Crippen molar-refractivity contribution in [3.8, 4) is 11.1 Å². The highest BCUT2D eigenvalue weighted by Crippen LogP contribution is 2.37. The molecule has 0 atom stereocenters. The average Bonchev–Trinajstić information content (AvgIpc) is 2.48. The maximum absolute atomic E-state index is 13.3. The van der Waals surface area contributed by atoms with Crippen LogP contribution < -0.4 is 0 Å². The van der Waals surface area contributed by atoms with E-state index in [1.54, 1.807) is 12.1 Å². The molecule has 1 nitrogen and oxygen atoms in total. The van der Waals surface area contributed by atoms with E-state index in [-0.39, 0.29) is 11.7 Å². The monoisotopic (exact) mass is 313 g/mol. The third kappa shape index (κ3) is 2.59. The van der Waals surface area contributed by atoms with Crippen LogP contribution in [0.3, 0.4) is 0 Å². The Morgan fingerprint density at radius 2 is 1.68 bits per heavy atom. The van der Waals surface area contributed by atoms with Gasteiger partial charge >= 0.3 is 0 Å². The lowest BCUT2D eigenvalue weighted by molar-refractivity contribution is 0.628. The van der Waals surface area contributed by atoms with Crippen molar-refractivity contribution in [1.82, 2.24) is 4.98 Å². The van der Waals surface area contributed by atoms with Gasteiger partial charge in [0, 0.05) is 10.9 Å². The topological polar surface area (TPSA) is 12.9 Å². The van der Waals surface area contributed by atoms with E-state index in [9.17, 15) is 4.39 Å². The molecule has 0 aliphatic heterocycles. The van der Waals surface area contributed by atoms with Gasteiger partial charge in [-0.2, -0.15) is 0 Å². The predicted molar refractivity (Wildman–Crippen MR) is 91.0 cm³/mol. The Morgan fingerprint density at radius 1 is 1.00 bits per heavy atom. The summed E-state index contributed by atoms with van der Waals surface area (Å²) >= 11 is 6.39. The molecule has 0 aliphatic carbocycles. The molecule has 0 radical (unpaired) electrons. The minimum Gasteiger partial charge on any atom is -0.240 e. The summed E-state index contributed by atoms with van der Waals surface area (Å²) in [6.45, 7) is 6.21. The van der Waals surface area contributed by atoms with Gasteiger partial charge in [0.15, 0.2) is 0 Å². The Kier molecular flexibility index (Phi) is 3.88. The van der Waals surface area contributed by atoms with E-state index >= 15 is 0 Å². The second-order valence-electron chi connectivity index (χ2n) is 5.87. The minimum absolute atomic E-state index is 0.225. The van der Waals surface area contributed by atoms with Gasteiger partial charge in [0.25, 0.3) is 0 Å². The Hall–Kier alpha value is -1.93. The molecule has 0 amide bonds.